The zero-order chi connectivity index (χ0) is 15.0. The predicted molar refractivity (Wildman–Crippen MR) is 85.5 cm³/mol. The maximum absolute atomic E-state index is 11.7. The molecule has 0 spiro atoms. The SMILES string of the molecule is CC(C)(CNc1snc(N)c1S(C)(=O)=O)c1cccs1. The molecule has 0 fully saturated rings. The van der Waals surface area contributed by atoms with Gasteiger partial charge in [-0.15, -0.1) is 11.3 Å². The third kappa shape index (κ3) is 3.13. The molecule has 0 atom stereocenters. The van der Waals surface area contributed by atoms with Crippen molar-refractivity contribution < 1.29 is 8.42 Å². The van der Waals surface area contributed by atoms with E-state index in [0.29, 0.717) is 11.5 Å². The summed E-state index contributed by atoms with van der Waals surface area (Å²) in [5, 5.41) is 5.71. The molecule has 2 rings (SSSR count). The van der Waals surface area contributed by atoms with Crippen molar-refractivity contribution in [1.29, 1.82) is 0 Å². The molecule has 0 unspecified atom stereocenters. The van der Waals surface area contributed by atoms with Gasteiger partial charge in [-0.3, -0.25) is 0 Å². The maximum Gasteiger partial charge on any atom is 0.182 e. The molecular formula is C12H17N3O2S3. The van der Waals surface area contributed by atoms with Gasteiger partial charge < -0.3 is 11.1 Å². The summed E-state index contributed by atoms with van der Waals surface area (Å²) in [5.74, 6) is 0.0638. The number of aromatic nitrogens is 1. The molecule has 0 radical (unpaired) electrons. The minimum atomic E-state index is -3.38. The van der Waals surface area contributed by atoms with Gasteiger partial charge in [-0.05, 0) is 23.0 Å². The van der Waals surface area contributed by atoms with Gasteiger partial charge >= 0.3 is 0 Å². The smallest absolute Gasteiger partial charge is 0.182 e. The second-order valence-electron chi connectivity index (χ2n) is 5.21. The van der Waals surface area contributed by atoms with Crippen LogP contribution in [0.4, 0.5) is 10.8 Å². The van der Waals surface area contributed by atoms with Crippen molar-refractivity contribution in [2.45, 2.75) is 24.2 Å². The van der Waals surface area contributed by atoms with Crippen LogP contribution in [0.1, 0.15) is 18.7 Å². The van der Waals surface area contributed by atoms with Gasteiger partial charge in [-0.2, -0.15) is 4.37 Å². The van der Waals surface area contributed by atoms with E-state index in [0.717, 1.165) is 17.8 Å². The van der Waals surface area contributed by atoms with E-state index in [1.807, 2.05) is 11.4 Å². The number of nitrogens with two attached hydrogens (primary N) is 1. The van der Waals surface area contributed by atoms with Crippen LogP contribution in [0.25, 0.3) is 0 Å². The number of sulfone groups is 1. The molecule has 0 aliphatic heterocycles. The van der Waals surface area contributed by atoms with E-state index >= 15 is 0 Å². The van der Waals surface area contributed by atoms with Crippen LogP contribution >= 0.6 is 22.9 Å². The lowest BCUT2D eigenvalue weighted by molar-refractivity contribution is 0.569. The summed E-state index contributed by atoms with van der Waals surface area (Å²) in [5.41, 5.74) is 5.55. The molecule has 0 aliphatic rings. The predicted octanol–water partition coefficient (Wildman–Crippen LogP) is 2.58. The molecule has 20 heavy (non-hydrogen) atoms. The molecule has 3 N–H and O–H groups in total. The quantitative estimate of drug-likeness (QED) is 0.879. The highest BCUT2D eigenvalue weighted by molar-refractivity contribution is 7.91. The molecule has 2 aromatic heterocycles. The summed E-state index contributed by atoms with van der Waals surface area (Å²) in [7, 11) is -3.38. The molecular weight excluding hydrogens is 314 g/mol. The number of nitrogens with zero attached hydrogens (tertiary/aromatic N) is 1. The first-order valence-electron chi connectivity index (χ1n) is 5.95. The number of hydrogen-bond donors (Lipinski definition) is 2. The Balaban J connectivity index is 2.21. The fourth-order valence-electron chi connectivity index (χ4n) is 1.82. The Morgan fingerprint density at radius 3 is 2.70 bits per heavy atom. The normalized spacial score (nSPS) is 12.6. The second-order valence-corrected chi connectivity index (χ2v) is 8.89. The number of rotatable bonds is 5. The molecule has 2 aromatic rings. The van der Waals surface area contributed by atoms with E-state index in [-0.39, 0.29) is 16.1 Å². The minimum absolute atomic E-state index is 0.0638. The van der Waals surface area contributed by atoms with Crippen LogP contribution in [-0.4, -0.2) is 25.6 Å². The Kier molecular flexibility index (Phi) is 4.08. The average molecular weight is 331 g/mol. The Labute approximate surface area is 126 Å². The Bertz CT molecular complexity index is 688. The third-order valence-electron chi connectivity index (χ3n) is 2.92. The highest BCUT2D eigenvalue weighted by atomic mass is 32.2. The summed E-state index contributed by atoms with van der Waals surface area (Å²) >= 11 is 2.76. The van der Waals surface area contributed by atoms with Crippen LogP contribution in [0.5, 0.6) is 0 Å². The van der Waals surface area contributed by atoms with Gasteiger partial charge in [-0.1, -0.05) is 19.9 Å². The number of anilines is 2. The van der Waals surface area contributed by atoms with Gasteiger partial charge in [0.15, 0.2) is 15.7 Å². The van der Waals surface area contributed by atoms with Gasteiger partial charge in [-0.25, -0.2) is 8.42 Å². The lowest BCUT2D eigenvalue weighted by Gasteiger charge is -2.23. The topological polar surface area (TPSA) is 85.1 Å². The molecule has 0 saturated heterocycles. The van der Waals surface area contributed by atoms with Crippen molar-refractivity contribution in [3.63, 3.8) is 0 Å². The summed E-state index contributed by atoms with van der Waals surface area (Å²) in [4.78, 5) is 1.34. The van der Waals surface area contributed by atoms with Gasteiger partial charge in [0.2, 0.25) is 0 Å². The minimum Gasteiger partial charge on any atom is -0.382 e. The largest absolute Gasteiger partial charge is 0.382 e. The van der Waals surface area contributed by atoms with Crippen molar-refractivity contribution in [1.82, 2.24) is 4.37 Å². The highest BCUT2D eigenvalue weighted by Crippen LogP contribution is 2.33. The van der Waals surface area contributed by atoms with Gasteiger partial charge in [0.05, 0.1) is 0 Å². The summed E-state index contributed by atoms with van der Waals surface area (Å²) in [6, 6.07) is 4.08. The van der Waals surface area contributed by atoms with E-state index in [2.05, 4.69) is 29.6 Å². The monoisotopic (exact) mass is 331 g/mol. The first-order valence-corrected chi connectivity index (χ1v) is 9.49. The molecule has 0 amide bonds. The van der Waals surface area contributed by atoms with E-state index in [9.17, 15) is 8.42 Å². The lowest BCUT2D eigenvalue weighted by Crippen LogP contribution is -2.26. The molecule has 0 aromatic carbocycles. The van der Waals surface area contributed by atoms with Crippen LogP contribution in [0.3, 0.4) is 0 Å². The summed E-state index contributed by atoms with van der Waals surface area (Å²) < 4.78 is 27.4. The first-order chi connectivity index (χ1) is 9.22. The highest BCUT2D eigenvalue weighted by Gasteiger charge is 2.25. The molecule has 0 aliphatic carbocycles. The lowest BCUT2D eigenvalue weighted by atomic mass is 9.91. The van der Waals surface area contributed by atoms with E-state index in [1.165, 1.54) is 4.88 Å². The van der Waals surface area contributed by atoms with Crippen LogP contribution in [0.15, 0.2) is 22.4 Å². The fourth-order valence-corrected chi connectivity index (χ4v) is 4.73. The van der Waals surface area contributed by atoms with Crippen LogP contribution in [0, 0.1) is 0 Å². The van der Waals surface area contributed by atoms with Crippen molar-refractivity contribution in [2.75, 3.05) is 23.9 Å². The van der Waals surface area contributed by atoms with Crippen LogP contribution in [0.2, 0.25) is 0 Å². The van der Waals surface area contributed by atoms with Crippen LogP contribution in [-0.2, 0) is 15.3 Å². The molecule has 5 nitrogen and oxygen atoms in total. The van der Waals surface area contributed by atoms with Crippen molar-refractivity contribution >= 4 is 43.5 Å². The first kappa shape index (κ1) is 15.3. The Morgan fingerprint density at radius 1 is 1.45 bits per heavy atom. The number of hydrogen-bond acceptors (Lipinski definition) is 7. The molecule has 0 saturated carbocycles. The van der Waals surface area contributed by atoms with Crippen molar-refractivity contribution in [2.24, 2.45) is 0 Å². The van der Waals surface area contributed by atoms with E-state index in [1.54, 1.807) is 11.3 Å². The fraction of sp³-hybridized carbons (Fsp3) is 0.417. The standard InChI is InChI=1S/C12H17N3O2S3/c1-12(2,8-5-4-6-18-8)7-14-11-9(20(3,16)17)10(13)15-19-11/h4-6,14H,7H2,1-3H3,(H2,13,15). The second kappa shape index (κ2) is 5.34. The molecule has 110 valence electrons. The van der Waals surface area contributed by atoms with E-state index in [4.69, 9.17) is 5.73 Å². The Morgan fingerprint density at radius 2 is 2.15 bits per heavy atom. The zero-order valence-electron chi connectivity index (χ0n) is 11.5. The van der Waals surface area contributed by atoms with Crippen LogP contribution < -0.4 is 11.1 Å². The average Bonchev–Trinajstić information content (AvgIpc) is 2.94. The van der Waals surface area contributed by atoms with Crippen molar-refractivity contribution in [3.8, 4) is 0 Å². The maximum atomic E-state index is 11.7. The van der Waals surface area contributed by atoms with Gasteiger partial charge in [0.25, 0.3) is 0 Å². The van der Waals surface area contributed by atoms with E-state index < -0.39 is 9.84 Å². The molecule has 2 heterocycles. The Hall–Kier alpha value is -1.12. The number of nitrogens with one attached hydrogen (secondary N) is 1. The summed E-state index contributed by atoms with van der Waals surface area (Å²) in [6.07, 6.45) is 1.14. The zero-order valence-corrected chi connectivity index (χ0v) is 14.0. The number of nitrogen functional groups attached to an aromatic ring is 1. The van der Waals surface area contributed by atoms with Gasteiger partial charge in [0, 0.05) is 23.1 Å². The third-order valence-corrected chi connectivity index (χ3v) is 6.26. The summed E-state index contributed by atoms with van der Waals surface area (Å²) in [6.45, 7) is 4.82. The van der Waals surface area contributed by atoms with Crippen molar-refractivity contribution in [3.05, 3.63) is 22.4 Å². The molecule has 0 bridgehead atoms. The van der Waals surface area contributed by atoms with Gasteiger partial charge in [0.1, 0.15) is 9.90 Å². The molecule has 8 heteroatoms. The number of thiophene rings is 1.